The maximum absolute atomic E-state index is 13.3. The van der Waals surface area contributed by atoms with Gasteiger partial charge < -0.3 is 15.2 Å². The molecule has 1 spiro atoms. The zero-order valence-corrected chi connectivity index (χ0v) is 16.2. The first-order valence-corrected chi connectivity index (χ1v) is 9.62. The third kappa shape index (κ3) is 2.31. The van der Waals surface area contributed by atoms with E-state index in [0.717, 1.165) is 12.0 Å². The minimum absolute atomic E-state index is 0.132. The number of anilines is 1. The molecule has 8 heteroatoms. The first-order valence-electron chi connectivity index (χ1n) is 9.62. The molecular formula is C20H25N3O5. The molecule has 28 heavy (non-hydrogen) atoms. The van der Waals surface area contributed by atoms with Crippen molar-refractivity contribution < 1.29 is 24.2 Å². The number of aliphatic hydroxyl groups excluding tert-OH is 1. The van der Waals surface area contributed by atoms with Crippen LogP contribution < -0.4 is 10.6 Å². The number of fused-ring (bicyclic) bond motifs is 4. The highest BCUT2D eigenvalue weighted by atomic mass is 16.5. The summed E-state index contributed by atoms with van der Waals surface area (Å²) in [5.41, 5.74) is 0.976. The summed E-state index contributed by atoms with van der Waals surface area (Å²) < 4.78 is 5.03. The minimum atomic E-state index is -1.36. The fourth-order valence-electron chi connectivity index (χ4n) is 4.99. The van der Waals surface area contributed by atoms with E-state index in [1.54, 1.807) is 6.92 Å². The summed E-state index contributed by atoms with van der Waals surface area (Å²) in [4.78, 5) is 40.8. The number of aliphatic hydroxyl groups is 1. The van der Waals surface area contributed by atoms with Gasteiger partial charge in [0.1, 0.15) is 5.54 Å². The lowest BCUT2D eigenvalue weighted by Crippen LogP contribution is -2.55. The van der Waals surface area contributed by atoms with E-state index in [4.69, 9.17) is 4.74 Å². The van der Waals surface area contributed by atoms with Gasteiger partial charge in [0.15, 0.2) is 0 Å². The van der Waals surface area contributed by atoms with E-state index in [-0.39, 0.29) is 25.0 Å². The number of benzene rings is 1. The average molecular weight is 387 g/mol. The third-order valence-electron chi connectivity index (χ3n) is 6.28. The van der Waals surface area contributed by atoms with Crippen LogP contribution in [0.2, 0.25) is 0 Å². The third-order valence-corrected chi connectivity index (χ3v) is 6.28. The molecule has 1 aromatic carbocycles. The zero-order chi connectivity index (χ0) is 20.2. The average Bonchev–Trinajstić information content (AvgIpc) is 3.26. The van der Waals surface area contributed by atoms with E-state index in [1.165, 1.54) is 12.0 Å². The molecule has 0 aliphatic carbocycles. The zero-order valence-electron chi connectivity index (χ0n) is 16.2. The van der Waals surface area contributed by atoms with Crippen LogP contribution in [-0.2, 0) is 31.1 Å². The number of nitrogens with zero attached hydrogens (tertiary/aromatic N) is 1. The van der Waals surface area contributed by atoms with Crippen LogP contribution >= 0.6 is 0 Å². The molecule has 3 amide bonds. The fourth-order valence-corrected chi connectivity index (χ4v) is 4.99. The second-order valence-corrected chi connectivity index (χ2v) is 7.69. The van der Waals surface area contributed by atoms with Gasteiger partial charge in [-0.1, -0.05) is 25.1 Å². The normalized spacial score (nSPS) is 32.1. The number of imide groups is 1. The highest BCUT2D eigenvalue weighted by Gasteiger charge is 2.71. The summed E-state index contributed by atoms with van der Waals surface area (Å²) in [6.45, 7) is 3.92. The number of para-hydroxylation sites is 1. The number of amides is 3. The maximum atomic E-state index is 13.3. The van der Waals surface area contributed by atoms with Crippen molar-refractivity contribution >= 4 is 23.4 Å². The quantitative estimate of drug-likeness (QED) is 0.614. The number of hydrogen-bond acceptors (Lipinski definition) is 6. The molecule has 0 aromatic heterocycles. The highest BCUT2D eigenvalue weighted by molar-refractivity contribution is 6.15. The second-order valence-electron chi connectivity index (χ2n) is 7.69. The van der Waals surface area contributed by atoms with Crippen LogP contribution in [0.3, 0.4) is 0 Å². The molecule has 3 aliphatic heterocycles. The van der Waals surface area contributed by atoms with E-state index in [0.29, 0.717) is 11.3 Å². The van der Waals surface area contributed by atoms with Gasteiger partial charge in [-0.3, -0.25) is 24.6 Å². The molecule has 150 valence electrons. The number of hydrogen-bond donors (Lipinski definition) is 3. The molecule has 5 atom stereocenters. The first-order chi connectivity index (χ1) is 13.4. The Hall–Kier alpha value is -2.29. The lowest BCUT2D eigenvalue weighted by molar-refractivity contribution is -0.143. The van der Waals surface area contributed by atoms with Gasteiger partial charge in [-0.25, -0.2) is 0 Å². The van der Waals surface area contributed by atoms with Crippen molar-refractivity contribution in [2.24, 2.45) is 11.8 Å². The standard InChI is InChI=1S/C20H25N3O5/c1-4-11-6-5-7-12-16(11)21-19(27)20(12)14-13(15(22-20)10(2)24)17(25)23(18(14)26)8-9-28-3/h5-7,10,13-15,22,24H,4,8-9H2,1-3H3,(H,21,27)/t10-,13-,14-,15+,20-/m0/s1. The Kier molecular flexibility index (Phi) is 4.52. The molecule has 4 rings (SSSR count). The van der Waals surface area contributed by atoms with Gasteiger partial charge in [-0.15, -0.1) is 0 Å². The van der Waals surface area contributed by atoms with Crippen molar-refractivity contribution in [3.63, 3.8) is 0 Å². The van der Waals surface area contributed by atoms with Crippen LogP contribution in [0.5, 0.6) is 0 Å². The van der Waals surface area contributed by atoms with Crippen LogP contribution in [0, 0.1) is 11.8 Å². The predicted octanol–water partition coefficient (Wildman–Crippen LogP) is -0.00340. The van der Waals surface area contributed by atoms with Crippen LogP contribution in [0.25, 0.3) is 0 Å². The molecule has 3 aliphatic rings. The Bertz CT molecular complexity index is 854. The van der Waals surface area contributed by atoms with Gasteiger partial charge in [0.25, 0.3) is 0 Å². The van der Waals surface area contributed by atoms with E-state index >= 15 is 0 Å². The van der Waals surface area contributed by atoms with Crippen LogP contribution in [0.4, 0.5) is 5.69 Å². The van der Waals surface area contributed by atoms with Crippen molar-refractivity contribution in [1.29, 1.82) is 0 Å². The number of methoxy groups -OCH3 is 1. The Labute approximate surface area is 163 Å². The molecule has 3 heterocycles. The number of rotatable bonds is 5. The topological polar surface area (TPSA) is 108 Å². The molecule has 0 saturated carbocycles. The minimum Gasteiger partial charge on any atom is -0.392 e. The van der Waals surface area contributed by atoms with E-state index in [9.17, 15) is 19.5 Å². The SMILES string of the molecule is CCc1cccc2c1NC(=O)[C@]21N[C@H]([C@H](C)O)[C@H]2C(=O)N(CCOC)C(=O)[C@H]21. The fraction of sp³-hybridized carbons (Fsp3) is 0.550. The number of likely N-dealkylation sites (tertiary alicyclic amines) is 1. The van der Waals surface area contributed by atoms with Gasteiger partial charge in [0.05, 0.1) is 31.1 Å². The molecule has 0 bridgehead atoms. The van der Waals surface area contributed by atoms with Crippen molar-refractivity contribution in [1.82, 2.24) is 10.2 Å². The monoisotopic (exact) mass is 387 g/mol. The first kappa shape index (κ1) is 19.0. The number of ether oxygens (including phenoxy) is 1. The molecular weight excluding hydrogens is 362 g/mol. The molecule has 8 nitrogen and oxygen atoms in total. The van der Waals surface area contributed by atoms with Gasteiger partial charge >= 0.3 is 0 Å². The van der Waals surface area contributed by atoms with Crippen molar-refractivity contribution in [2.75, 3.05) is 25.6 Å². The van der Waals surface area contributed by atoms with E-state index in [1.807, 2.05) is 25.1 Å². The Morgan fingerprint density at radius 1 is 1.29 bits per heavy atom. The molecule has 3 N–H and O–H groups in total. The largest absolute Gasteiger partial charge is 0.392 e. The smallest absolute Gasteiger partial charge is 0.250 e. The molecule has 0 radical (unpaired) electrons. The van der Waals surface area contributed by atoms with E-state index in [2.05, 4.69) is 10.6 Å². The molecule has 0 unspecified atom stereocenters. The Morgan fingerprint density at radius 3 is 2.68 bits per heavy atom. The van der Waals surface area contributed by atoms with Gasteiger partial charge in [0.2, 0.25) is 17.7 Å². The van der Waals surface area contributed by atoms with E-state index < -0.39 is 35.4 Å². The number of aryl methyl sites for hydroxylation is 1. The lowest BCUT2D eigenvalue weighted by Gasteiger charge is -2.30. The number of carbonyl (C=O) groups is 3. The second kappa shape index (κ2) is 6.65. The summed E-state index contributed by atoms with van der Waals surface area (Å²) in [6.07, 6.45) is -0.183. The van der Waals surface area contributed by atoms with Crippen molar-refractivity contribution in [3.05, 3.63) is 29.3 Å². The number of nitrogens with one attached hydrogen (secondary N) is 2. The van der Waals surface area contributed by atoms with Crippen LogP contribution in [0.15, 0.2) is 18.2 Å². The van der Waals surface area contributed by atoms with Crippen molar-refractivity contribution in [3.8, 4) is 0 Å². The van der Waals surface area contributed by atoms with Gasteiger partial charge in [-0.05, 0) is 18.9 Å². The highest BCUT2D eigenvalue weighted by Crippen LogP contribution is 2.53. The summed E-state index contributed by atoms with van der Waals surface area (Å²) in [7, 11) is 1.50. The van der Waals surface area contributed by atoms with Crippen LogP contribution in [0.1, 0.15) is 25.0 Å². The lowest BCUT2D eigenvalue weighted by atomic mass is 9.76. The van der Waals surface area contributed by atoms with Gasteiger partial charge in [0, 0.05) is 24.4 Å². The Morgan fingerprint density at radius 2 is 2.04 bits per heavy atom. The summed E-state index contributed by atoms with van der Waals surface area (Å²) in [5.74, 6) is -2.81. The van der Waals surface area contributed by atoms with Crippen LogP contribution in [-0.4, -0.2) is 60.1 Å². The van der Waals surface area contributed by atoms with Gasteiger partial charge in [-0.2, -0.15) is 0 Å². The Balaban J connectivity index is 1.87. The maximum Gasteiger partial charge on any atom is 0.250 e. The molecule has 1 aromatic rings. The number of carbonyl (C=O) groups excluding carboxylic acids is 3. The van der Waals surface area contributed by atoms with Crippen molar-refractivity contribution in [2.45, 2.75) is 38.0 Å². The molecule has 2 saturated heterocycles. The molecule has 2 fully saturated rings. The summed E-state index contributed by atoms with van der Waals surface area (Å²) in [5, 5.41) is 16.5. The predicted molar refractivity (Wildman–Crippen MR) is 100 cm³/mol. The summed E-state index contributed by atoms with van der Waals surface area (Å²) >= 11 is 0. The summed E-state index contributed by atoms with van der Waals surface area (Å²) in [6, 6.07) is 4.91.